The number of fused-ring (bicyclic) bond motifs is 6. The number of nitrogens with zero attached hydrogens (tertiary/aromatic N) is 2. The highest BCUT2D eigenvalue weighted by Gasteiger charge is 2.44. The fourth-order valence-corrected chi connectivity index (χ4v) is 4.15. The molecule has 2 bridgehead atoms. The summed E-state index contributed by atoms with van der Waals surface area (Å²) >= 11 is 2.22. The summed E-state index contributed by atoms with van der Waals surface area (Å²) < 4.78 is 14.4. The van der Waals surface area contributed by atoms with E-state index in [1.807, 2.05) is 0 Å². The Kier molecular flexibility index (Phi) is 2.08. The Bertz CT molecular complexity index is 540. The lowest BCUT2D eigenvalue weighted by Gasteiger charge is -2.34. The molecule has 2 nitrogen and oxygen atoms in total. The van der Waals surface area contributed by atoms with E-state index in [9.17, 15) is 4.39 Å². The average Bonchev–Trinajstić information content (AvgIpc) is 2.87. The molecule has 0 amide bonds. The third-order valence-corrected chi connectivity index (χ3v) is 5.17. The highest BCUT2D eigenvalue weighted by atomic mass is 127. The summed E-state index contributed by atoms with van der Waals surface area (Å²) in [5, 5.41) is 0. The molecule has 0 N–H and O–H groups in total. The Morgan fingerprint density at radius 1 is 1.35 bits per heavy atom. The van der Waals surface area contributed by atoms with E-state index in [1.54, 1.807) is 12.1 Å². The second-order valence-electron chi connectivity index (χ2n) is 5.15. The van der Waals surface area contributed by atoms with E-state index in [0.717, 1.165) is 15.8 Å². The largest absolute Gasteiger partial charge is 0.352 e. The summed E-state index contributed by atoms with van der Waals surface area (Å²) in [5.74, 6) is 1.68. The number of aliphatic imine (C=N–C) groups is 1. The Morgan fingerprint density at radius 2 is 2.24 bits per heavy atom. The van der Waals surface area contributed by atoms with Crippen LogP contribution in [0.4, 0.5) is 10.1 Å². The van der Waals surface area contributed by atoms with Crippen LogP contribution in [-0.4, -0.2) is 16.8 Å². The van der Waals surface area contributed by atoms with Gasteiger partial charge in [-0.2, -0.15) is 0 Å². The Balaban J connectivity index is 1.87. The number of halogens is 2. The highest BCUT2D eigenvalue weighted by molar-refractivity contribution is 14.1. The molecule has 2 unspecified atom stereocenters. The lowest BCUT2D eigenvalue weighted by Crippen LogP contribution is -2.38. The molecule has 1 aliphatic carbocycles. The van der Waals surface area contributed by atoms with Crippen molar-refractivity contribution in [1.29, 1.82) is 0 Å². The van der Waals surface area contributed by atoms with Gasteiger partial charge >= 0.3 is 0 Å². The number of benzene rings is 1. The predicted octanol–water partition coefficient (Wildman–Crippen LogP) is 3.46. The number of rotatable bonds is 0. The van der Waals surface area contributed by atoms with Gasteiger partial charge in [0.1, 0.15) is 11.7 Å². The van der Waals surface area contributed by atoms with Crippen LogP contribution in [-0.2, 0) is 6.54 Å². The van der Waals surface area contributed by atoms with Gasteiger partial charge in [-0.3, -0.25) is 0 Å². The van der Waals surface area contributed by atoms with Crippen LogP contribution in [0.15, 0.2) is 17.1 Å². The fraction of sp³-hybridized carbons (Fsp3) is 0.462. The van der Waals surface area contributed by atoms with Crippen LogP contribution < -0.4 is 0 Å². The van der Waals surface area contributed by atoms with Gasteiger partial charge in [0.05, 0.1) is 5.69 Å². The van der Waals surface area contributed by atoms with Crippen molar-refractivity contribution in [3.8, 4) is 0 Å². The summed E-state index contributed by atoms with van der Waals surface area (Å²) in [6.45, 7) is 0.924. The lowest BCUT2D eigenvalue weighted by molar-refractivity contribution is 0.316. The lowest BCUT2D eigenvalue weighted by atomic mass is 10.0. The Hall–Kier alpha value is -0.650. The molecule has 1 saturated heterocycles. The maximum atomic E-state index is 13.4. The first-order valence-corrected chi connectivity index (χ1v) is 7.13. The van der Waals surface area contributed by atoms with Crippen molar-refractivity contribution in [1.82, 2.24) is 4.90 Å². The highest BCUT2D eigenvalue weighted by Crippen LogP contribution is 2.45. The molecule has 88 valence electrons. The van der Waals surface area contributed by atoms with Crippen LogP contribution in [0.5, 0.6) is 0 Å². The molecule has 4 rings (SSSR count). The van der Waals surface area contributed by atoms with Crippen LogP contribution in [0.25, 0.3) is 0 Å². The molecule has 4 heteroatoms. The molecular weight excluding hydrogens is 330 g/mol. The number of hydrogen-bond donors (Lipinski definition) is 0. The van der Waals surface area contributed by atoms with E-state index in [0.29, 0.717) is 12.0 Å². The van der Waals surface area contributed by atoms with E-state index in [-0.39, 0.29) is 5.82 Å². The second-order valence-corrected chi connectivity index (χ2v) is 6.31. The first-order valence-electron chi connectivity index (χ1n) is 6.05. The maximum Gasteiger partial charge on any atom is 0.126 e. The van der Waals surface area contributed by atoms with Gasteiger partial charge in [-0.25, -0.2) is 9.38 Å². The molecule has 2 fully saturated rings. The van der Waals surface area contributed by atoms with E-state index >= 15 is 0 Å². The standard InChI is InChI=1S/C13H12FIN2/c14-8-4-11(15)10-6-17-9-2-1-7(3-9)13(17)16-12(10)5-8/h4-5,7,9H,1-3,6H2. The second kappa shape index (κ2) is 3.43. The van der Waals surface area contributed by atoms with Crippen LogP contribution in [0.3, 0.4) is 0 Å². The Labute approximate surface area is 113 Å². The summed E-state index contributed by atoms with van der Waals surface area (Å²) in [7, 11) is 0. The van der Waals surface area contributed by atoms with Gasteiger partial charge in [-0.05, 0) is 54.0 Å². The third-order valence-electron chi connectivity index (χ3n) is 4.21. The van der Waals surface area contributed by atoms with Crippen LogP contribution in [0, 0.1) is 15.3 Å². The van der Waals surface area contributed by atoms with Crippen LogP contribution >= 0.6 is 22.6 Å². The third kappa shape index (κ3) is 1.39. The van der Waals surface area contributed by atoms with Gasteiger partial charge < -0.3 is 4.90 Å². The minimum Gasteiger partial charge on any atom is -0.352 e. The van der Waals surface area contributed by atoms with Gasteiger partial charge in [0.2, 0.25) is 0 Å². The van der Waals surface area contributed by atoms with E-state index < -0.39 is 0 Å². The number of hydrogen-bond acceptors (Lipinski definition) is 2. The van der Waals surface area contributed by atoms with Gasteiger partial charge in [0.25, 0.3) is 0 Å². The van der Waals surface area contributed by atoms with Crippen molar-refractivity contribution in [3.05, 3.63) is 27.1 Å². The van der Waals surface area contributed by atoms with Crippen molar-refractivity contribution >= 4 is 34.1 Å². The quantitative estimate of drug-likeness (QED) is 0.660. The molecular formula is C13H12FIN2. The first-order chi connectivity index (χ1) is 8.22. The summed E-state index contributed by atoms with van der Waals surface area (Å²) in [5.41, 5.74) is 2.05. The SMILES string of the molecule is Fc1cc(I)c2c(c1)N=C1C3CCC(C3)N1C2. The molecule has 0 aromatic heterocycles. The molecule has 2 heterocycles. The molecule has 2 atom stereocenters. The van der Waals surface area contributed by atoms with E-state index in [1.165, 1.54) is 30.7 Å². The average molecular weight is 342 g/mol. The Morgan fingerprint density at radius 3 is 3.12 bits per heavy atom. The van der Waals surface area contributed by atoms with Crippen molar-refractivity contribution < 1.29 is 4.39 Å². The molecule has 1 saturated carbocycles. The van der Waals surface area contributed by atoms with Gasteiger partial charge in [-0.15, -0.1) is 0 Å². The maximum absolute atomic E-state index is 13.4. The molecule has 2 aliphatic heterocycles. The molecule has 17 heavy (non-hydrogen) atoms. The molecule has 1 aromatic carbocycles. The minimum absolute atomic E-state index is 0.172. The molecule has 0 radical (unpaired) electrons. The van der Waals surface area contributed by atoms with Crippen molar-refractivity contribution in [2.45, 2.75) is 31.8 Å². The summed E-state index contributed by atoms with van der Waals surface area (Å²) in [6.07, 6.45) is 3.82. The zero-order valence-electron chi connectivity index (χ0n) is 9.29. The van der Waals surface area contributed by atoms with Crippen molar-refractivity contribution in [2.24, 2.45) is 10.9 Å². The topological polar surface area (TPSA) is 15.6 Å². The van der Waals surface area contributed by atoms with Gasteiger partial charge in [0.15, 0.2) is 0 Å². The monoisotopic (exact) mass is 342 g/mol. The molecule has 1 aromatic rings. The molecule has 3 aliphatic rings. The van der Waals surface area contributed by atoms with E-state index in [2.05, 4.69) is 27.5 Å². The number of piperidine rings is 1. The summed E-state index contributed by atoms with van der Waals surface area (Å²) in [4.78, 5) is 7.15. The number of amidine groups is 1. The van der Waals surface area contributed by atoms with Crippen molar-refractivity contribution in [3.63, 3.8) is 0 Å². The van der Waals surface area contributed by atoms with Gasteiger partial charge in [-0.1, -0.05) is 0 Å². The fourth-order valence-electron chi connectivity index (χ4n) is 3.40. The predicted molar refractivity (Wildman–Crippen MR) is 72.9 cm³/mol. The van der Waals surface area contributed by atoms with Crippen LogP contribution in [0.1, 0.15) is 24.8 Å². The van der Waals surface area contributed by atoms with E-state index in [4.69, 9.17) is 4.99 Å². The molecule has 0 spiro atoms. The van der Waals surface area contributed by atoms with Gasteiger partial charge in [0, 0.05) is 27.6 Å². The minimum atomic E-state index is -0.172. The zero-order valence-corrected chi connectivity index (χ0v) is 11.4. The smallest absolute Gasteiger partial charge is 0.126 e. The zero-order chi connectivity index (χ0) is 11.6. The summed E-state index contributed by atoms with van der Waals surface area (Å²) in [6, 6.07) is 3.87. The normalized spacial score (nSPS) is 29.1. The van der Waals surface area contributed by atoms with Crippen molar-refractivity contribution in [2.75, 3.05) is 0 Å². The first kappa shape index (κ1) is 10.3. The van der Waals surface area contributed by atoms with Crippen LogP contribution in [0.2, 0.25) is 0 Å².